The fourth-order valence-corrected chi connectivity index (χ4v) is 2.73. The number of rotatable bonds is 6. The first-order chi connectivity index (χ1) is 12.4. The molecule has 0 radical (unpaired) electrons. The van der Waals surface area contributed by atoms with Crippen LogP contribution < -0.4 is 4.74 Å². The van der Waals surface area contributed by atoms with Crippen molar-refractivity contribution in [2.45, 2.75) is 19.4 Å². The van der Waals surface area contributed by atoms with Crippen molar-refractivity contribution in [3.63, 3.8) is 0 Å². The van der Waals surface area contributed by atoms with Crippen molar-refractivity contribution < 1.29 is 4.74 Å². The van der Waals surface area contributed by atoms with Crippen molar-refractivity contribution in [1.82, 2.24) is 25.6 Å². The van der Waals surface area contributed by atoms with Gasteiger partial charge < -0.3 is 4.74 Å². The van der Waals surface area contributed by atoms with Crippen LogP contribution in [0.4, 0.5) is 0 Å². The van der Waals surface area contributed by atoms with E-state index < -0.39 is 0 Å². The molecule has 2 aromatic heterocycles. The predicted molar refractivity (Wildman–Crippen MR) is 94.1 cm³/mol. The van der Waals surface area contributed by atoms with Crippen molar-refractivity contribution in [2.75, 3.05) is 0 Å². The summed E-state index contributed by atoms with van der Waals surface area (Å²) in [6.45, 7) is 0.436. The first kappa shape index (κ1) is 15.3. The highest BCUT2D eigenvalue weighted by atomic mass is 16.5. The third kappa shape index (κ3) is 3.63. The second-order valence-electron chi connectivity index (χ2n) is 5.74. The second kappa shape index (κ2) is 7.09. The first-order valence-corrected chi connectivity index (χ1v) is 8.16. The summed E-state index contributed by atoms with van der Waals surface area (Å²) in [4.78, 5) is 4.65. The van der Waals surface area contributed by atoms with Crippen molar-refractivity contribution in [2.24, 2.45) is 0 Å². The van der Waals surface area contributed by atoms with Gasteiger partial charge in [-0.1, -0.05) is 42.5 Å². The molecule has 0 aliphatic heterocycles. The van der Waals surface area contributed by atoms with Crippen molar-refractivity contribution in [3.05, 3.63) is 77.7 Å². The largest absolute Gasteiger partial charge is 0.487 e. The van der Waals surface area contributed by atoms with Gasteiger partial charge in [-0.3, -0.25) is 0 Å². The Kier molecular flexibility index (Phi) is 4.33. The third-order valence-corrected chi connectivity index (χ3v) is 4.02. The zero-order valence-electron chi connectivity index (χ0n) is 13.6. The van der Waals surface area contributed by atoms with E-state index in [0.717, 1.165) is 46.6 Å². The van der Waals surface area contributed by atoms with Gasteiger partial charge in [0.2, 0.25) is 0 Å². The van der Waals surface area contributed by atoms with Gasteiger partial charge >= 0.3 is 0 Å². The van der Waals surface area contributed by atoms with E-state index in [0.29, 0.717) is 6.61 Å². The summed E-state index contributed by atoms with van der Waals surface area (Å²) in [7, 11) is 0. The molecule has 4 aromatic rings. The average Bonchev–Trinajstić information content (AvgIpc) is 3.19. The maximum Gasteiger partial charge on any atom is 0.148 e. The Hall–Kier alpha value is -3.28. The number of benzene rings is 2. The lowest BCUT2D eigenvalue weighted by Crippen LogP contribution is -2.02. The Morgan fingerprint density at radius 1 is 0.880 bits per heavy atom. The second-order valence-corrected chi connectivity index (χ2v) is 5.74. The molecule has 0 saturated heterocycles. The van der Waals surface area contributed by atoms with E-state index in [2.05, 4.69) is 43.8 Å². The molecule has 0 unspecified atom stereocenters. The molecule has 0 atom stereocenters. The van der Waals surface area contributed by atoms with E-state index in [1.807, 2.05) is 42.5 Å². The van der Waals surface area contributed by atoms with Crippen molar-refractivity contribution in [3.8, 4) is 5.75 Å². The Balaban J connectivity index is 1.46. The summed E-state index contributed by atoms with van der Waals surface area (Å²) in [6, 6.07) is 20.2. The standard InChI is InChI=1S/C19H17N5O/c1-3-7-17-14(5-1)9-11-16(20-17)13-25-18-8-4-2-6-15(18)10-12-19-21-23-24-22-19/h1-9,11H,10,12-13H2,(H,21,22,23,24). The molecule has 0 aliphatic carbocycles. The smallest absolute Gasteiger partial charge is 0.148 e. The van der Waals surface area contributed by atoms with Gasteiger partial charge in [-0.15, -0.1) is 5.10 Å². The molecule has 0 saturated carbocycles. The maximum absolute atomic E-state index is 6.02. The third-order valence-electron chi connectivity index (χ3n) is 4.02. The Morgan fingerprint density at radius 2 is 1.76 bits per heavy atom. The lowest BCUT2D eigenvalue weighted by atomic mass is 10.1. The van der Waals surface area contributed by atoms with Gasteiger partial charge in [0.1, 0.15) is 18.2 Å². The highest BCUT2D eigenvalue weighted by Crippen LogP contribution is 2.21. The van der Waals surface area contributed by atoms with Crippen LogP contribution in [0.25, 0.3) is 10.9 Å². The summed E-state index contributed by atoms with van der Waals surface area (Å²) in [5.41, 5.74) is 3.02. The van der Waals surface area contributed by atoms with E-state index in [4.69, 9.17) is 4.74 Å². The van der Waals surface area contributed by atoms with E-state index in [-0.39, 0.29) is 0 Å². The lowest BCUT2D eigenvalue weighted by Gasteiger charge is -2.11. The van der Waals surface area contributed by atoms with Crippen LogP contribution in [0.1, 0.15) is 17.1 Å². The number of aryl methyl sites for hydroxylation is 2. The molecule has 0 amide bonds. The number of ether oxygens (including phenoxy) is 1. The molecule has 2 heterocycles. The number of H-pyrrole nitrogens is 1. The van der Waals surface area contributed by atoms with Crippen molar-refractivity contribution >= 4 is 10.9 Å². The molecule has 25 heavy (non-hydrogen) atoms. The molecule has 4 rings (SSSR count). The zero-order valence-corrected chi connectivity index (χ0v) is 13.6. The van der Waals surface area contributed by atoms with E-state index in [1.54, 1.807) is 0 Å². The number of aromatic amines is 1. The highest BCUT2D eigenvalue weighted by molar-refractivity contribution is 5.78. The number of tetrazole rings is 1. The van der Waals surface area contributed by atoms with Crippen LogP contribution in [0, 0.1) is 0 Å². The van der Waals surface area contributed by atoms with E-state index >= 15 is 0 Å². The normalized spacial score (nSPS) is 10.9. The quantitative estimate of drug-likeness (QED) is 0.587. The predicted octanol–water partition coefficient (Wildman–Crippen LogP) is 3.11. The van der Waals surface area contributed by atoms with Crippen LogP contribution in [-0.2, 0) is 19.4 Å². The minimum atomic E-state index is 0.436. The highest BCUT2D eigenvalue weighted by Gasteiger charge is 2.06. The lowest BCUT2D eigenvalue weighted by molar-refractivity contribution is 0.298. The van der Waals surface area contributed by atoms with E-state index in [1.165, 1.54) is 0 Å². The Labute approximate surface area is 144 Å². The topological polar surface area (TPSA) is 76.6 Å². The molecule has 0 aliphatic rings. The molecule has 0 fully saturated rings. The van der Waals surface area contributed by atoms with Crippen LogP contribution in [-0.4, -0.2) is 25.6 Å². The van der Waals surface area contributed by atoms with Gasteiger partial charge in [-0.05, 0) is 40.6 Å². The molecule has 6 heteroatoms. The summed E-state index contributed by atoms with van der Waals surface area (Å²) in [5, 5.41) is 15.0. The number of nitrogens with one attached hydrogen (secondary N) is 1. The van der Waals surface area contributed by atoms with Gasteiger partial charge in [0.05, 0.1) is 11.2 Å². The molecule has 0 spiro atoms. The molecular formula is C19H17N5O. The molecule has 2 aromatic carbocycles. The van der Waals surface area contributed by atoms with Gasteiger partial charge in [-0.2, -0.15) is 0 Å². The number of hydrogen-bond donors (Lipinski definition) is 1. The van der Waals surface area contributed by atoms with E-state index in [9.17, 15) is 0 Å². The van der Waals surface area contributed by atoms with Crippen LogP contribution >= 0.6 is 0 Å². The first-order valence-electron chi connectivity index (χ1n) is 8.16. The summed E-state index contributed by atoms with van der Waals surface area (Å²) in [6.07, 6.45) is 1.54. The number of pyridine rings is 1. The molecule has 1 N–H and O–H groups in total. The van der Waals surface area contributed by atoms with Crippen LogP contribution in [0.15, 0.2) is 60.7 Å². The minimum absolute atomic E-state index is 0.436. The molecule has 0 bridgehead atoms. The number of hydrogen-bond acceptors (Lipinski definition) is 5. The molecule has 124 valence electrons. The van der Waals surface area contributed by atoms with Gasteiger partial charge in [0.15, 0.2) is 0 Å². The number of nitrogens with zero attached hydrogens (tertiary/aromatic N) is 4. The fourth-order valence-electron chi connectivity index (χ4n) is 2.73. The SMILES string of the molecule is c1ccc(OCc2ccc3ccccc3n2)c(CCc2nnn[nH]2)c1. The fraction of sp³-hybridized carbons (Fsp3) is 0.158. The van der Waals surface area contributed by atoms with Gasteiger partial charge in [-0.25, -0.2) is 10.1 Å². The van der Waals surface area contributed by atoms with Crippen LogP contribution in [0.5, 0.6) is 5.75 Å². The molecular weight excluding hydrogens is 314 g/mol. The minimum Gasteiger partial charge on any atom is -0.487 e. The zero-order chi connectivity index (χ0) is 16.9. The monoisotopic (exact) mass is 331 g/mol. The summed E-state index contributed by atoms with van der Waals surface area (Å²) < 4.78 is 6.02. The Bertz CT molecular complexity index is 968. The number of aromatic nitrogens is 5. The van der Waals surface area contributed by atoms with Crippen molar-refractivity contribution in [1.29, 1.82) is 0 Å². The number of fused-ring (bicyclic) bond motifs is 1. The van der Waals surface area contributed by atoms with Crippen LogP contribution in [0.2, 0.25) is 0 Å². The van der Waals surface area contributed by atoms with Crippen LogP contribution in [0.3, 0.4) is 0 Å². The average molecular weight is 331 g/mol. The maximum atomic E-state index is 6.02. The molecule has 6 nitrogen and oxygen atoms in total. The summed E-state index contributed by atoms with van der Waals surface area (Å²) in [5.74, 6) is 1.64. The summed E-state index contributed by atoms with van der Waals surface area (Å²) >= 11 is 0. The Morgan fingerprint density at radius 3 is 2.68 bits per heavy atom. The van der Waals surface area contributed by atoms with Gasteiger partial charge in [0.25, 0.3) is 0 Å². The number of para-hydroxylation sites is 2. The van der Waals surface area contributed by atoms with Gasteiger partial charge in [0, 0.05) is 11.8 Å².